The molecule has 9 nitrogen and oxygen atoms in total. The summed E-state index contributed by atoms with van der Waals surface area (Å²) >= 11 is 12.7. The minimum absolute atomic E-state index is 0.0828. The molecule has 0 bridgehead atoms. The number of rotatable bonds is 6. The first kappa shape index (κ1) is 26.1. The summed E-state index contributed by atoms with van der Waals surface area (Å²) in [5.74, 6) is -0.524. The van der Waals surface area contributed by atoms with Crippen molar-refractivity contribution in [1.82, 2.24) is 25.3 Å². The maximum Gasteiger partial charge on any atom is 0.338 e. The van der Waals surface area contributed by atoms with Crippen molar-refractivity contribution in [2.45, 2.75) is 26.3 Å². The zero-order chi connectivity index (χ0) is 24.8. The molecule has 0 spiro atoms. The molecule has 1 saturated heterocycles. The standard InChI is InChI=1S/C23H31Cl2N5O4/c1-4-26-22(32)30-11-7-10-29(12-13-30)14-17-18(21(31)34-5-2)20(27-23(33)28(17)3)15-8-6-9-16(24)19(15)25/h6,8-9,20H,4-5,7,10-14H2,1-3H3,(H,26,32)(H,27,33)/t20-/m0/s1. The topological polar surface area (TPSA) is 94.2 Å². The lowest BCUT2D eigenvalue weighted by atomic mass is 9.94. The third-order valence-electron chi connectivity index (χ3n) is 5.94. The molecule has 2 aliphatic rings. The first-order valence-electron chi connectivity index (χ1n) is 11.4. The normalized spacial score (nSPS) is 19.6. The van der Waals surface area contributed by atoms with Crippen LogP contribution in [0.1, 0.15) is 31.9 Å². The van der Waals surface area contributed by atoms with Crippen LogP contribution in [-0.2, 0) is 9.53 Å². The van der Waals surface area contributed by atoms with Crippen LogP contribution in [0.3, 0.4) is 0 Å². The average Bonchev–Trinajstić information content (AvgIpc) is 3.04. The van der Waals surface area contributed by atoms with Crippen LogP contribution in [0.15, 0.2) is 29.5 Å². The van der Waals surface area contributed by atoms with E-state index in [9.17, 15) is 14.4 Å². The number of hydrogen-bond donors (Lipinski definition) is 2. The number of halogens is 2. The first-order chi connectivity index (χ1) is 16.3. The van der Waals surface area contributed by atoms with Gasteiger partial charge in [-0.15, -0.1) is 0 Å². The van der Waals surface area contributed by atoms with E-state index < -0.39 is 12.0 Å². The number of esters is 1. The maximum absolute atomic E-state index is 13.1. The predicted octanol–water partition coefficient (Wildman–Crippen LogP) is 3.24. The molecule has 0 saturated carbocycles. The molecule has 0 unspecified atom stereocenters. The van der Waals surface area contributed by atoms with Crippen molar-refractivity contribution >= 4 is 41.2 Å². The lowest BCUT2D eigenvalue weighted by Crippen LogP contribution is -2.49. The molecular formula is C23H31Cl2N5O4. The fraction of sp³-hybridized carbons (Fsp3) is 0.522. The zero-order valence-corrected chi connectivity index (χ0v) is 21.2. The highest BCUT2D eigenvalue weighted by atomic mass is 35.5. The van der Waals surface area contributed by atoms with Crippen LogP contribution in [0.4, 0.5) is 9.59 Å². The predicted molar refractivity (Wildman–Crippen MR) is 131 cm³/mol. The van der Waals surface area contributed by atoms with Crippen molar-refractivity contribution in [3.05, 3.63) is 45.1 Å². The van der Waals surface area contributed by atoms with Gasteiger partial charge in [0, 0.05) is 52.0 Å². The highest BCUT2D eigenvalue weighted by Crippen LogP contribution is 2.37. The Hall–Kier alpha value is -2.49. The van der Waals surface area contributed by atoms with E-state index in [-0.39, 0.29) is 23.7 Å². The van der Waals surface area contributed by atoms with Crippen molar-refractivity contribution in [2.75, 3.05) is 52.9 Å². The second kappa shape index (κ2) is 11.8. The number of ether oxygens (including phenoxy) is 1. The Kier molecular flexibility index (Phi) is 9.04. The third kappa shape index (κ3) is 5.76. The van der Waals surface area contributed by atoms with Crippen LogP contribution in [0.25, 0.3) is 0 Å². The molecule has 0 radical (unpaired) electrons. The van der Waals surface area contributed by atoms with Crippen molar-refractivity contribution in [3.8, 4) is 0 Å². The van der Waals surface area contributed by atoms with Gasteiger partial charge in [0.15, 0.2) is 0 Å². The van der Waals surface area contributed by atoms with Gasteiger partial charge < -0.3 is 20.3 Å². The second-order valence-corrected chi connectivity index (χ2v) is 8.90. The average molecular weight is 512 g/mol. The van der Waals surface area contributed by atoms with Crippen LogP contribution in [0.5, 0.6) is 0 Å². The van der Waals surface area contributed by atoms with Crippen molar-refractivity contribution in [3.63, 3.8) is 0 Å². The Morgan fingerprint density at radius 2 is 1.94 bits per heavy atom. The Labute approximate surface area is 210 Å². The van der Waals surface area contributed by atoms with Crippen LogP contribution in [-0.4, -0.2) is 85.7 Å². The number of likely N-dealkylation sites (N-methyl/N-ethyl adjacent to an activating group) is 1. The zero-order valence-electron chi connectivity index (χ0n) is 19.7. The summed E-state index contributed by atoms with van der Waals surface area (Å²) < 4.78 is 5.38. The molecule has 1 atom stereocenters. The van der Waals surface area contributed by atoms with Gasteiger partial charge in [0.2, 0.25) is 0 Å². The lowest BCUT2D eigenvalue weighted by molar-refractivity contribution is -0.139. The lowest BCUT2D eigenvalue weighted by Gasteiger charge is -2.37. The molecule has 1 aromatic rings. The molecule has 0 aliphatic carbocycles. The quantitative estimate of drug-likeness (QED) is 0.571. The highest BCUT2D eigenvalue weighted by molar-refractivity contribution is 6.42. The van der Waals surface area contributed by atoms with E-state index >= 15 is 0 Å². The first-order valence-corrected chi connectivity index (χ1v) is 12.2. The highest BCUT2D eigenvalue weighted by Gasteiger charge is 2.38. The molecule has 2 N–H and O–H groups in total. The van der Waals surface area contributed by atoms with Gasteiger partial charge in [-0.2, -0.15) is 0 Å². The summed E-state index contributed by atoms with van der Waals surface area (Å²) in [6.07, 6.45) is 0.776. The van der Waals surface area contributed by atoms with Gasteiger partial charge in [-0.05, 0) is 31.9 Å². The molecule has 2 heterocycles. The monoisotopic (exact) mass is 511 g/mol. The maximum atomic E-state index is 13.1. The minimum atomic E-state index is -0.803. The van der Waals surface area contributed by atoms with E-state index in [1.165, 1.54) is 4.90 Å². The number of benzene rings is 1. The number of hydrogen-bond acceptors (Lipinski definition) is 5. The molecule has 2 aliphatic heterocycles. The number of nitrogens with zero attached hydrogens (tertiary/aromatic N) is 3. The summed E-state index contributed by atoms with van der Waals surface area (Å²) in [6.45, 7) is 7.23. The number of urea groups is 2. The van der Waals surface area contributed by atoms with Gasteiger partial charge in [-0.25, -0.2) is 14.4 Å². The Bertz CT molecular complexity index is 971. The minimum Gasteiger partial charge on any atom is -0.463 e. The Morgan fingerprint density at radius 3 is 2.65 bits per heavy atom. The molecular weight excluding hydrogens is 481 g/mol. The van der Waals surface area contributed by atoms with Gasteiger partial charge >= 0.3 is 18.0 Å². The van der Waals surface area contributed by atoms with Crippen molar-refractivity contribution in [1.29, 1.82) is 0 Å². The van der Waals surface area contributed by atoms with Crippen LogP contribution in [0.2, 0.25) is 10.0 Å². The van der Waals surface area contributed by atoms with E-state index in [4.69, 9.17) is 27.9 Å². The van der Waals surface area contributed by atoms with Gasteiger partial charge in [-0.1, -0.05) is 35.3 Å². The molecule has 186 valence electrons. The van der Waals surface area contributed by atoms with Gasteiger partial charge in [0.1, 0.15) is 0 Å². The third-order valence-corrected chi connectivity index (χ3v) is 6.78. The van der Waals surface area contributed by atoms with Crippen LogP contribution < -0.4 is 10.6 Å². The number of amides is 4. The summed E-state index contributed by atoms with van der Waals surface area (Å²) in [6, 6.07) is 3.86. The SMILES string of the molecule is CCNC(=O)N1CCCN(CC2=C(C(=O)OCC)[C@H](c3cccc(Cl)c3Cl)NC(=O)N2C)CC1. The Morgan fingerprint density at radius 1 is 1.18 bits per heavy atom. The number of nitrogens with one attached hydrogen (secondary N) is 2. The molecule has 3 rings (SSSR count). The van der Waals surface area contributed by atoms with E-state index in [2.05, 4.69) is 15.5 Å². The summed E-state index contributed by atoms with van der Waals surface area (Å²) in [5.41, 5.74) is 1.38. The summed E-state index contributed by atoms with van der Waals surface area (Å²) in [4.78, 5) is 43.7. The largest absolute Gasteiger partial charge is 0.463 e. The number of carbonyl (C=O) groups is 3. The van der Waals surface area contributed by atoms with Crippen molar-refractivity contribution in [2.24, 2.45) is 0 Å². The van der Waals surface area contributed by atoms with E-state index in [1.807, 2.05) is 6.92 Å². The van der Waals surface area contributed by atoms with Gasteiger partial charge in [0.25, 0.3) is 0 Å². The molecule has 1 aromatic carbocycles. The second-order valence-electron chi connectivity index (χ2n) is 8.12. The van der Waals surface area contributed by atoms with E-state index in [0.29, 0.717) is 61.1 Å². The van der Waals surface area contributed by atoms with Crippen molar-refractivity contribution < 1.29 is 19.1 Å². The molecule has 11 heteroatoms. The van der Waals surface area contributed by atoms with E-state index in [0.717, 1.165) is 6.42 Å². The molecule has 1 fully saturated rings. The molecule has 34 heavy (non-hydrogen) atoms. The Balaban J connectivity index is 1.96. The van der Waals surface area contributed by atoms with E-state index in [1.54, 1.807) is 37.1 Å². The number of carbonyl (C=O) groups excluding carboxylic acids is 3. The fourth-order valence-electron chi connectivity index (χ4n) is 4.18. The smallest absolute Gasteiger partial charge is 0.338 e. The van der Waals surface area contributed by atoms with Gasteiger partial charge in [0.05, 0.1) is 28.3 Å². The van der Waals surface area contributed by atoms with Crippen LogP contribution in [0, 0.1) is 0 Å². The van der Waals surface area contributed by atoms with Crippen LogP contribution >= 0.6 is 23.2 Å². The molecule has 0 aromatic heterocycles. The molecule has 4 amide bonds. The summed E-state index contributed by atoms with van der Waals surface area (Å²) in [7, 11) is 1.62. The fourth-order valence-corrected chi connectivity index (χ4v) is 4.60. The summed E-state index contributed by atoms with van der Waals surface area (Å²) in [5, 5.41) is 6.30. The van der Waals surface area contributed by atoms with Gasteiger partial charge in [-0.3, -0.25) is 9.80 Å².